The summed E-state index contributed by atoms with van der Waals surface area (Å²) < 4.78 is 28.7. The summed E-state index contributed by atoms with van der Waals surface area (Å²) in [6.07, 6.45) is 1.54. The van der Waals surface area contributed by atoms with Crippen molar-refractivity contribution in [2.75, 3.05) is 6.54 Å². The van der Waals surface area contributed by atoms with E-state index in [1.54, 1.807) is 18.5 Å². The number of imidazole rings is 1. The van der Waals surface area contributed by atoms with E-state index in [2.05, 4.69) is 37.4 Å². The fraction of sp³-hybridized carbons (Fsp3) is 0.769. The van der Waals surface area contributed by atoms with Crippen LogP contribution in [0.15, 0.2) is 11.2 Å². The molecule has 0 unspecified atom stereocenters. The molecule has 1 rings (SSSR count). The van der Waals surface area contributed by atoms with Gasteiger partial charge in [0.2, 0.25) is 0 Å². The van der Waals surface area contributed by atoms with Gasteiger partial charge in [-0.15, -0.1) is 0 Å². The SMILES string of the molecule is Cc1nc(S(=O)(=O)NCC(C(C)C)C(C)C)cn1C. The summed E-state index contributed by atoms with van der Waals surface area (Å²) in [5, 5.41) is 0.0961. The predicted molar refractivity (Wildman–Crippen MR) is 76.3 cm³/mol. The van der Waals surface area contributed by atoms with Gasteiger partial charge < -0.3 is 4.57 Å². The molecule has 0 saturated heterocycles. The first-order valence-corrected chi connectivity index (χ1v) is 8.13. The molecule has 6 heteroatoms. The highest BCUT2D eigenvalue weighted by atomic mass is 32.2. The lowest BCUT2D eigenvalue weighted by atomic mass is 9.86. The smallest absolute Gasteiger partial charge is 0.259 e. The van der Waals surface area contributed by atoms with E-state index in [1.807, 2.05) is 0 Å². The molecule has 1 aromatic heterocycles. The van der Waals surface area contributed by atoms with Crippen LogP contribution in [0.3, 0.4) is 0 Å². The maximum atomic E-state index is 12.2. The van der Waals surface area contributed by atoms with Crippen molar-refractivity contribution in [3.8, 4) is 0 Å². The molecule has 0 aliphatic carbocycles. The van der Waals surface area contributed by atoms with Crippen molar-refractivity contribution >= 4 is 10.0 Å². The van der Waals surface area contributed by atoms with Crippen molar-refractivity contribution in [2.24, 2.45) is 24.8 Å². The molecule has 0 aromatic carbocycles. The lowest BCUT2D eigenvalue weighted by Crippen LogP contribution is -2.34. The van der Waals surface area contributed by atoms with Crippen molar-refractivity contribution < 1.29 is 8.42 Å². The zero-order chi connectivity index (χ0) is 14.8. The third-order valence-electron chi connectivity index (χ3n) is 3.58. The van der Waals surface area contributed by atoms with Gasteiger partial charge in [0.15, 0.2) is 5.03 Å². The number of aromatic nitrogens is 2. The zero-order valence-electron chi connectivity index (χ0n) is 12.6. The first kappa shape index (κ1) is 16.2. The van der Waals surface area contributed by atoms with Crippen LogP contribution in [-0.4, -0.2) is 24.5 Å². The quantitative estimate of drug-likeness (QED) is 0.869. The molecule has 0 spiro atoms. The van der Waals surface area contributed by atoms with E-state index < -0.39 is 10.0 Å². The van der Waals surface area contributed by atoms with Crippen LogP contribution in [0.5, 0.6) is 0 Å². The van der Waals surface area contributed by atoms with Crippen LogP contribution in [-0.2, 0) is 17.1 Å². The Kier molecular flexibility index (Phi) is 5.15. The molecule has 0 amide bonds. The molecule has 1 heterocycles. The predicted octanol–water partition coefficient (Wildman–Crippen LogP) is 1.94. The van der Waals surface area contributed by atoms with Crippen LogP contribution in [0, 0.1) is 24.7 Å². The second-order valence-corrected chi connectivity index (χ2v) is 7.45. The number of nitrogens with one attached hydrogen (secondary N) is 1. The molecular formula is C13H25N3O2S. The van der Waals surface area contributed by atoms with E-state index in [4.69, 9.17) is 0 Å². The van der Waals surface area contributed by atoms with Gasteiger partial charge in [-0.2, -0.15) is 0 Å². The van der Waals surface area contributed by atoms with Gasteiger partial charge >= 0.3 is 0 Å². The fourth-order valence-corrected chi connectivity index (χ4v) is 3.29. The first-order valence-electron chi connectivity index (χ1n) is 6.64. The normalized spacial score (nSPS) is 12.9. The molecule has 0 atom stereocenters. The van der Waals surface area contributed by atoms with Crippen LogP contribution in [0.25, 0.3) is 0 Å². The van der Waals surface area contributed by atoms with Crippen molar-refractivity contribution in [3.63, 3.8) is 0 Å². The van der Waals surface area contributed by atoms with Crippen molar-refractivity contribution in [1.29, 1.82) is 0 Å². The summed E-state index contributed by atoms with van der Waals surface area (Å²) >= 11 is 0. The molecule has 0 bridgehead atoms. The molecule has 0 fully saturated rings. The Bertz CT molecular complexity index is 490. The number of nitrogens with zero attached hydrogens (tertiary/aromatic N) is 2. The average molecular weight is 287 g/mol. The summed E-state index contributed by atoms with van der Waals surface area (Å²) in [7, 11) is -1.72. The van der Waals surface area contributed by atoms with Crippen molar-refractivity contribution in [1.82, 2.24) is 14.3 Å². The highest BCUT2D eigenvalue weighted by molar-refractivity contribution is 7.89. The Balaban J connectivity index is 2.80. The van der Waals surface area contributed by atoms with E-state index in [0.29, 0.717) is 30.1 Å². The maximum absolute atomic E-state index is 12.2. The summed E-state index contributed by atoms with van der Waals surface area (Å²) in [5.74, 6) is 1.88. The van der Waals surface area contributed by atoms with E-state index >= 15 is 0 Å². The van der Waals surface area contributed by atoms with Gasteiger partial charge in [-0.25, -0.2) is 18.1 Å². The average Bonchev–Trinajstić information content (AvgIpc) is 2.59. The molecule has 0 aliphatic heterocycles. The van der Waals surface area contributed by atoms with Gasteiger partial charge in [0.25, 0.3) is 10.0 Å². The van der Waals surface area contributed by atoms with Gasteiger partial charge in [0.1, 0.15) is 5.82 Å². The third kappa shape index (κ3) is 4.04. The molecule has 1 aromatic rings. The highest BCUT2D eigenvalue weighted by Gasteiger charge is 2.23. The Morgan fingerprint density at radius 3 is 2.16 bits per heavy atom. The van der Waals surface area contributed by atoms with Gasteiger partial charge in [-0.05, 0) is 24.7 Å². The number of sulfonamides is 1. The van der Waals surface area contributed by atoms with Crippen LogP contribution in [0.1, 0.15) is 33.5 Å². The van der Waals surface area contributed by atoms with Crippen LogP contribution in [0.4, 0.5) is 0 Å². The second kappa shape index (κ2) is 6.05. The lowest BCUT2D eigenvalue weighted by molar-refractivity contribution is 0.289. The highest BCUT2D eigenvalue weighted by Crippen LogP contribution is 2.20. The van der Waals surface area contributed by atoms with E-state index in [9.17, 15) is 8.42 Å². The molecule has 0 aliphatic rings. The minimum absolute atomic E-state index is 0.0961. The van der Waals surface area contributed by atoms with Crippen LogP contribution < -0.4 is 4.72 Å². The molecule has 5 nitrogen and oxygen atoms in total. The fourth-order valence-electron chi connectivity index (χ4n) is 2.18. The van der Waals surface area contributed by atoms with Crippen molar-refractivity contribution in [3.05, 3.63) is 12.0 Å². The van der Waals surface area contributed by atoms with Gasteiger partial charge in [-0.3, -0.25) is 0 Å². The Morgan fingerprint density at radius 2 is 1.79 bits per heavy atom. The largest absolute Gasteiger partial charge is 0.337 e. The number of rotatable bonds is 6. The number of hydrogen-bond donors (Lipinski definition) is 1. The van der Waals surface area contributed by atoms with Crippen LogP contribution >= 0.6 is 0 Å². The Morgan fingerprint density at radius 1 is 1.26 bits per heavy atom. The molecule has 0 saturated carbocycles. The summed E-state index contributed by atoms with van der Waals surface area (Å²) in [6, 6.07) is 0. The second-order valence-electron chi connectivity index (χ2n) is 5.74. The number of aryl methyl sites for hydroxylation is 2. The third-order valence-corrected chi connectivity index (χ3v) is 4.88. The van der Waals surface area contributed by atoms with E-state index in [0.717, 1.165) is 0 Å². The molecular weight excluding hydrogens is 262 g/mol. The first-order chi connectivity index (χ1) is 8.65. The van der Waals surface area contributed by atoms with E-state index in [1.165, 1.54) is 6.20 Å². The minimum Gasteiger partial charge on any atom is -0.337 e. The summed E-state index contributed by atoms with van der Waals surface area (Å²) in [5.41, 5.74) is 0. The minimum atomic E-state index is -3.51. The van der Waals surface area contributed by atoms with Gasteiger partial charge in [-0.1, -0.05) is 27.7 Å². The lowest BCUT2D eigenvalue weighted by Gasteiger charge is -2.24. The standard InChI is InChI=1S/C13H25N3O2S/c1-9(2)12(10(3)4)7-14-19(17,18)13-8-16(6)11(5)15-13/h8-10,12,14H,7H2,1-6H3. The van der Waals surface area contributed by atoms with Gasteiger partial charge in [0.05, 0.1) is 0 Å². The number of hydrogen-bond acceptors (Lipinski definition) is 3. The summed E-state index contributed by atoms with van der Waals surface area (Å²) in [6.45, 7) is 10.7. The molecule has 1 N–H and O–H groups in total. The monoisotopic (exact) mass is 287 g/mol. The molecule has 0 radical (unpaired) electrons. The zero-order valence-corrected chi connectivity index (χ0v) is 13.5. The van der Waals surface area contributed by atoms with E-state index in [-0.39, 0.29) is 5.03 Å². The molecule has 110 valence electrons. The Hall–Kier alpha value is -0.880. The Labute approximate surface area is 116 Å². The van der Waals surface area contributed by atoms with Crippen molar-refractivity contribution in [2.45, 2.75) is 39.6 Å². The maximum Gasteiger partial charge on any atom is 0.259 e. The molecule has 19 heavy (non-hydrogen) atoms. The summed E-state index contributed by atoms with van der Waals surface area (Å²) in [4.78, 5) is 4.06. The van der Waals surface area contributed by atoms with Crippen LogP contribution in [0.2, 0.25) is 0 Å². The topological polar surface area (TPSA) is 64.0 Å². The van der Waals surface area contributed by atoms with Gasteiger partial charge in [0, 0.05) is 19.8 Å².